The van der Waals surface area contributed by atoms with Crippen molar-refractivity contribution in [1.29, 1.82) is 0 Å². The highest BCUT2D eigenvalue weighted by molar-refractivity contribution is 7.18. The average molecular weight is 275 g/mol. The average Bonchev–Trinajstić information content (AvgIpc) is 2.81. The lowest BCUT2D eigenvalue weighted by molar-refractivity contribution is 0.610. The molecule has 2 aromatic heterocycles. The van der Waals surface area contributed by atoms with Gasteiger partial charge in [0.2, 0.25) is 0 Å². The second-order valence-corrected chi connectivity index (χ2v) is 7.41. The number of fused-ring (bicyclic) bond motifs is 1. The summed E-state index contributed by atoms with van der Waals surface area (Å²) >= 11 is 1.77. The van der Waals surface area contributed by atoms with Crippen LogP contribution in [0.5, 0.6) is 0 Å². The minimum Gasteiger partial charge on any atom is -0.369 e. The molecule has 19 heavy (non-hydrogen) atoms. The normalized spacial score (nSPS) is 20.7. The van der Waals surface area contributed by atoms with E-state index in [0.717, 1.165) is 29.4 Å². The fraction of sp³-hybridized carbons (Fsp3) is 0.600. The van der Waals surface area contributed by atoms with Gasteiger partial charge in [0.1, 0.15) is 16.5 Å². The number of nitrogens with zero attached hydrogens (tertiary/aromatic N) is 2. The van der Waals surface area contributed by atoms with Crippen LogP contribution in [0, 0.1) is 12.3 Å². The lowest BCUT2D eigenvalue weighted by Gasteiger charge is -2.08. The Kier molecular flexibility index (Phi) is 3.01. The standard InChI is InChI=1S/C15H21N3S/c1-5-6-16-12-10-7-9(2)19-14(10)18-13(17-12)11-8-15(11,3)4/h7,11H,5-6,8H2,1-4H3,(H,16,17,18). The van der Waals surface area contributed by atoms with Gasteiger partial charge in [0, 0.05) is 17.3 Å². The van der Waals surface area contributed by atoms with Crippen LogP contribution in [0.25, 0.3) is 10.2 Å². The van der Waals surface area contributed by atoms with Crippen LogP contribution < -0.4 is 5.32 Å². The summed E-state index contributed by atoms with van der Waals surface area (Å²) in [6, 6.07) is 2.19. The maximum absolute atomic E-state index is 4.79. The third-order valence-corrected chi connectivity index (χ3v) is 4.85. The second kappa shape index (κ2) is 4.44. The Bertz CT molecular complexity index is 615. The van der Waals surface area contributed by atoms with E-state index in [1.54, 1.807) is 11.3 Å². The molecule has 0 bridgehead atoms. The SMILES string of the molecule is CCCNc1nc(C2CC2(C)C)nc2sc(C)cc12. The molecule has 0 aromatic carbocycles. The van der Waals surface area contributed by atoms with E-state index in [9.17, 15) is 0 Å². The van der Waals surface area contributed by atoms with E-state index >= 15 is 0 Å². The third kappa shape index (κ3) is 2.34. The van der Waals surface area contributed by atoms with E-state index in [1.165, 1.54) is 16.7 Å². The predicted octanol–water partition coefficient (Wildman–Crippen LogP) is 4.34. The molecule has 1 aliphatic carbocycles. The summed E-state index contributed by atoms with van der Waals surface area (Å²) in [6.07, 6.45) is 2.31. The van der Waals surface area contributed by atoms with Crippen molar-refractivity contribution in [1.82, 2.24) is 9.97 Å². The molecule has 1 aliphatic rings. The fourth-order valence-corrected chi connectivity index (χ4v) is 3.39. The summed E-state index contributed by atoms with van der Waals surface area (Å²) in [5.41, 5.74) is 0.377. The highest BCUT2D eigenvalue weighted by Crippen LogP contribution is 2.57. The van der Waals surface area contributed by atoms with Crippen molar-refractivity contribution < 1.29 is 0 Å². The lowest BCUT2D eigenvalue weighted by atomic mass is 10.1. The molecule has 3 nitrogen and oxygen atoms in total. The van der Waals surface area contributed by atoms with Gasteiger partial charge in [-0.1, -0.05) is 20.8 Å². The zero-order valence-electron chi connectivity index (χ0n) is 12.1. The molecule has 0 spiro atoms. The van der Waals surface area contributed by atoms with Crippen LogP contribution in [-0.2, 0) is 0 Å². The zero-order valence-corrected chi connectivity index (χ0v) is 12.9. The molecule has 2 heterocycles. The van der Waals surface area contributed by atoms with Crippen LogP contribution in [0.1, 0.15) is 50.2 Å². The van der Waals surface area contributed by atoms with Gasteiger partial charge < -0.3 is 5.32 Å². The highest BCUT2D eigenvalue weighted by atomic mass is 32.1. The molecule has 1 unspecified atom stereocenters. The van der Waals surface area contributed by atoms with Crippen LogP contribution in [0.2, 0.25) is 0 Å². The van der Waals surface area contributed by atoms with Crippen LogP contribution in [0.4, 0.5) is 5.82 Å². The molecular formula is C15H21N3S. The molecular weight excluding hydrogens is 254 g/mol. The molecule has 1 N–H and O–H groups in total. The Hall–Kier alpha value is -1.16. The van der Waals surface area contributed by atoms with Crippen LogP contribution in [-0.4, -0.2) is 16.5 Å². The van der Waals surface area contributed by atoms with Crippen molar-refractivity contribution in [3.05, 3.63) is 16.8 Å². The quantitative estimate of drug-likeness (QED) is 0.902. The van der Waals surface area contributed by atoms with Crippen LogP contribution in [0.3, 0.4) is 0 Å². The Morgan fingerprint density at radius 3 is 2.79 bits per heavy atom. The van der Waals surface area contributed by atoms with E-state index in [0.29, 0.717) is 11.3 Å². The molecule has 0 radical (unpaired) electrons. The third-order valence-electron chi connectivity index (χ3n) is 3.90. The minimum absolute atomic E-state index is 0.377. The predicted molar refractivity (Wildman–Crippen MR) is 82.1 cm³/mol. The van der Waals surface area contributed by atoms with Crippen molar-refractivity contribution in [3.63, 3.8) is 0 Å². The Labute approximate surface area is 118 Å². The number of hydrogen-bond donors (Lipinski definition) is 1. The van der Waals surface area contributed by atoms with Gasteiger partial charge in [-0.25, -0.2) is 9.97 Å². The van der Waals surface area contributed by atoms with Gasteiger partial charge in [-0.05, 0) is 31.2 Å². The molecule has 1 fully saturated rings. The number of aryl methyl sites for hydroxylation is 1. The van der Waals surface area contributed by atoms with Crippen LogP contribution in [0.15, 0.2) is 6.07 Å². The second-order valence-electron chi connectivity index (χ2n) is 6.18. The first kappa shape index (κ1) is 12.9. The Morgan fingerprint density at radius 1 is 1.42 bits per heavy atom. The van der Waals surface area contributed by atoms with Crippen molar-refractivity contribution in [2.45, 2.75) is 46.5 Å². The Balaban J connectivity index is 2.05. The van der Waals surface area contributed by atoms with E-state index in [4.69, 9.17) is 9.97 Å². The van der Waals surface area contributed by atoms with Crippen molar-refractivity contribution >= 4 is 27.4 Å². The van der Waals surface area contributed by atoms with Crippen molar-refractivity contribution in [2.75, 3.05) is 11.9 Å². The first-order chi connectivity index (χ1) is 9.01. The summed E-state index contributed by atoms with van der Waals surface area (Å²) < 4.78 is 0. The molecule has 1 atom stereocenters. The monoisotopic (exact) mass is 275 g/mol. The fourth-order valence-electron chi connectivity index (χ4n) is 2.50. The van der Waals surface area contributed by atoms with Crippen LogP contribution >= 0.6 is 11.3 Å². The summed E-state index contributed by atoms with van der Waals surface area (Å²) in [5.74, 6) is 2.58. The van der Waals surface area contributed by atoms with Gasteiger partial charge in [0.25, 0.3) is 0 Å². The lowest BCUT2D eigenvalue weighted by Crippen LogP contribution is -2.06. The number of anilines is 1. The number of hydrogen-bond acceptors (Lipinski definition) is 4. The molecule has 0 amide bonds. The first-order valence-electron chi connectivity index (χ1n) is 7.03. The summed E-state index contributed by atoms with van der Waals surface area (Å²) in [5, 5.41) is 4.64. The van der Waals surface area contributed by atoms with Gasteiger partial charge in [-0.3, -0.25) is 0 Å². The first-order valence-corrected chi connectivity index (χ1v) is 7.85. The molecule has 102 valence electrons. The number of aromatic nitrogens is 2. The molecule has 0 aliphatic heterocycles. The van der Waals surface area contributed by atoms with Gasteiger partial charge >= 0.3 is 0 Å². The topological polar surface area (TPSA) is 37.8 Å². The summed E-state index contributed by atoms with van der Waals surface area (Å²) in [4.78, 5) is 12.0. The number of thiophene rings is 1. The molecule has 4 heteroatoms. The van der Waals surface area contributed by atoms with E-state index < -0.39 is 0 Å². The maximum Gasteiger partial charge on any atom is 0.138 e. The largest absolute Gasteiger partial charge is 0.369 e. The maximum atomic E-state index is 4.79. The molecule has 2 aromatic rings. The number of nitrogens with one attached hydrogen (secondary N) is 1. The number of rotatable bonds is 4. The van der Waals surface area contributed by atoms with E-state index in [1.807, 2.05) is 0 Å². The summed E-state index contributed by atoms with van der Waals surface area (Å²) in [7, 11) is 0. The van der Waals surface area contributed by atoms with Gasteiger partial charge in [0.15, 0.2) is 0 Å². The highest BCUT2D eigenvalue weighted by Gasteiger charge is 2.48. The van der Waals surface area contributed by atoms with E-state index in [-0.39, 0.29) is 0 Å². The van der Waals surface area contributed by atoms with E-state index in [2.05, 4.69) is 39.1 Å². The smallest absolute Gasteiger partial charge is 0.138 e. The minimum atomic E-state index is 0.377. The Morgan fingerprint density at radius 2 is 2.16 bits per heavy atom. The van der Waals surface area contributed by atoms with Crippen molar-refractivity contribution in [3.8, 4) is 0 Å². The van der Waals surface area contributed by atoms with Gasteiger partial charge in [0.05, 0.1) is 5.39 Å². The van der Waals surface area contributed by atoms with Gasteiger partial charge in [-0.15, -0.1) is 11.3 Å². The molecule has 1 saturated carbocycles. The summed E-state index contributed by atoms with van der Waals surface area (Å²) in [6.45, 7) is 9.87. The zero-order chi connectivity index (χ0) is 13.6. The van der Waals surface area contributed by atoms with Gasteiger partial charge in [-0.2, -0.15) is 0 Å². The molecule has 0 saturated heterocycles. The van der Waals surface area contributed by atoms with Crippen molar-refractivity contribution in [2.24, 2.45) is 5.41 Å². The molecule has 3 rings (SSSR count).